The van der Waals surface area contributed by atoms with Gasteiger partial charge in [0.15, 0.2) is 0 Å². The SMILES string of the molecule is CC(NC(=O)Nc1cccc(F)c1)c1cccnc1. The van der Waals surface area contributed by atoms with E-state index >= 15 is 0 Å². The number of rotatable bonds is 3. The van der Waals surface area contributed by atoms with Crippen LogP contribution in [0.15, 0.2) is 48.8 Å². The van der Waals surface area contributed by atoms with Crippen molar-refractivity contribution in [2.75, 3.05) is 5.32 Å². The number of anilines is 1. The van der Waals surface area contributed by atoms with Gasteiger partial charge in [0.05, 0.1) is 6.04 Å². The Labute approximate surface area is 110 Å². The van der Waals surface area contributed by atoms with E-state index in [1.807, 2.05) is 13.0 Å². The van der Waals surface area contributed by atoms with Crippen LogP contribution in [0.1, 0.15) is 18.5 Å². The summed E-state index contributed by atoms with van der Waals surface area (Å²) in [4.78, 5) is 15.7. The molecule has 0 bridgehead atoms. The average molecular weight is 259 g/mol. The van der Waals surface area contributed by atoms with Gasteiger partial charge in [0.25, 0.3) is 0 Å². The molecule has 4 nitrogen and oxygen atoms in total. The molecule has 0 fully saturated rings. The molecule has 1 unspecified atom stereocenters. The Morgan fingerprint density at radius 3 is 2.84 bits per heavy atom. The second-order valence-corrected chi connectivity index (χ2v) is 4.12. The summed E-state index contributed by atoms with van der Waals surface area (Å²) in [6.45, 7) is 1.85. The molecule has 0 saturated carbocycles. The van der Waals surface area contributed by atoms with Crippen molar-refractivity contribution in [1.29, 1.82) is 0 Å². The summed E-state index contributed by atoms with van der Waals surface area (Å²) < 4.78 is 13.0. The van der Waals surface area contributed by atoms with E-state index in [0.29, 0.717) is 5.69 Å². The molecule has 1 aromatic heterocycles. The molecule has 5 heteroatoms. The van der Waals surface area contributed by atoms with Gasteiger partial charge in [-0.3, -0.25) is 4.98 Å². The first-order valence-corrected chi connectivity index (χ1v) is 5.88. The zero-order valence-corrected chi connectivity index (χ0v) is 10.4. The van der Waals surface area contributed by atoms with Gasteiger partial charge in [0.1, 0.15) is 5.82 Å². The van der Waals surface area contributed by atoms with E-state index in [0.717, 1.165) is 5.56 Å². The Hall–Kier alpha value is -2.43. The lowest BCUT2D eigenvalue weighted by molar-refractivity contribution is 0.249. The topological polar surface area (TPSA) is 54.0 Å². The first kappa shape index (κ1) is 13.0. The molecule has 19 heavy (non-hydrogen) atoms. The monoisotopic (exact) mass is 259 g/mol. The minimum Gasteiger partial charge on any atom is -0.331 e. The third kappa shape index (κ3) is 3.77. The molecule has 1 aromatic carbocycles. The quantitative estimate of drug-likeness (QED) is 0.889. The molecule has 0 radical (unpaired) electrons. The summed E-state index contributed by atoms with van der Waals surface area (Å²) in [5.74, 6) is -0.391. The van der Waals surface area contributed by atoms with E-state index in [-0.39, 0.29) is 12.1 Å². The number of hydrogen-bond donors (Lipinski definition) is 2. The van der Waals surface area contributed by atoms with Gasteiger partial charge in [-0.2, -0.15) is 0 Å². The molecule has 0 aliphatic carbocycles. The number of nitrogens with one attached hydrogen (secondary N) is 2. The van der Waals surface area contributed by atoms with Gasteiger partial charge in [-0.05, 0) is 36.8 Å². The number of urea groups is 1. The predicted octanol–water partition coefficient (Wildman–Crippen LogP) is 3.10. The molecule has 0 aliphatic rings. The third-order valence-corrected chi connectivity index (χ3v) is 2.61. The highest BCUT2D eigenvalue weighted by Gasteiger charge is 2.09. The predicted molar refractivity (Wildman–Crippen MR) is 71.2 cm³/mol. The van der Waals surface area contributed by atoms with Crippen LogP contribution in [0.4, 0.5) is 14.9 Å². The summed E-state index contributed by atoms with van der Waals surface area (Å²) in [6.07, 6.45) is 3.36. The van der Waals surface area contributed by atoms with Crippen LogP contribution in [0.3, 0.4) is 0 Å². The largest absolute Gasteiger partial charge is 0.331 e. The molecule has 2 rings (SSSR count). The number of carbonyl (C=O) groups excluding carboxylic acids is 1. The van der Waals surface area contributed by atoms with Crippen LogP contribution in [-0.4, -0.2) is 11.0 Å². The number of pyridine rings is 1. The molecule has 2 amide bonds. The Kier molecular flexibility index (Phi) is 4.07. The number of nitrogens with zero attached hydrogens (tertiary/aromatic N) is 1. The van der Waals surface area contributed by atoms with Crippen LogP contribution in [-0.2, 0) is 0 Å². The number of amides is 2. The fourth-order valence-electron chi connectivity index (χ4n) is 1.65. The van der Waals surface area contributed by atoms with E-state index in [9.17, 15) is 9.18 Å². The number of carbonyl (C=O) groups is 1. The van der Waals surface area contributed by atoms with Crippen LogP contribution in [0.5, 0.6) is 0 Å². The number of hydrogen-bond acceptors (Lipinski definition) is 2. The standard InChI is InChI=1S/C14H14FN3O/c1-10(11-4-3-7-16-9-11)17-14(19)18-13-6-2-5-12(15)8-13/h2-10H,1H3,(H2,17,18,19). The molecule has 0 aliphatic heterocycles. The lowest BCUT2D eigenvalue weighted by atomic mass is 10.1. The van der Waals surface area contributed by atoms with Gasteiger partial charge in [-0.25, -0.2) is 9.18 Å². The molecular weight excluding hydrogens is 245 g/mol. The first-order valence-electron chi connectivity index (χ1n) is 5.88. The number of halogens is 1. The van der Waals surface area contributed by atoms with Crippen LogP contribution in [0, 0.1) is 5.82 Å². The second-order valence-electron chi connectivity index (χ2n) is 4.12. The van der Waals surface area contributed by atoms with Gasteiger partial charge < -0.3 is 10.6 Å². The van der Waals surface area contributed by atoms with Crippen LogP contribution >= 0.6 is 0 Å². The lowest BCUT2D eigenvalue weighted by Crippen LogP contribution is -2.31. The van der Waals surface area contributed by atoms with Crippen molar-refractivity contribution in [2.45, 2.75) is 13.0 Å². The smallest absolute Gasteiger partial charge is 0.319 e. The Morgan fingerprint density at radius 2 is 2.16 bits per heavy atom. The van der Waals surface area contributed by atoms with Gasteiger partial charge in [0.2, 0.25) is 0 Å². The van der Waals surface area contributed by atoms with Crippen molar-refractivity contribution in [3.8, 4) is 0 Å². The molecule has 1 atom stereocenters. The van der Waals surface area contributed by atoms with Gasteiger partial charge in [-0.15, -0.1) is 0 Å². The molecule has 1 heterocycles. The minimum absolute atomic E-state index is 0.178. The number of benzene rings is 1. The zero-order valence-electron chi connectivity index (χ0n) is 10.4. The Bertz CT molecular complexity index is 560. The van der Waals surface area contributed by atoms with Crippen LogP contribution in [0.2, 0.25) is 0 Å². The highest BCUT2D eigenvalue weighted by molar-refractivity contribution is 5.89. The van der Waals surface area contributed by atoms with Crippen molar-refractivity contribution in [2.24, 2.45) is 0 Å². The van der Waals surface area contributed by atoms with Gasteiger partial charge in [0, 0.05) is 18.1 Å². The highest BCUT2D eigenvalue weighted by atomic mass is 19.1. The average Bonchev–Trinajstić information content (AvgIpc) is 2.39. The first-order chi connectivity index (χ1) is 9.15. The zero-order chi connectivity index (χ0) is 13.7. The van der Waals surface area contributed by atoms with Crippen LogP contribution < -0.4 is 10.6 Å². The normalized spacial score (nSPS) is 11.7. The maximum Gasteiger partial charge on any atom is 0.319 e. The molecule has 98 valence electrons. The fourth-order valence-corrected chi connectivity index (χ4v) is 1.65. The maximum absolute atomic E-state index is 13.0. The van der Waals surface area contributed by atoms with Crippen molar-refractivity contribution in [3.05, 3.63) is 60.2 Å². The van der Waals surface area contributed by atoms with Crippen LogP contribution in [0.25, 0.3) is 0 Å². The van der Waals surface area contributed by atoms with Crippen molar-refractivity contribution in [1.82, 2.24) is 10.3 Å². The van der Waals surface area contributed by atoms with Crippen molar-refractivity contribution in [3.63, 3.8) is 0 Å². The summed E-state index contributed by atoms with van der Waals surface area (Å²) in [5.41, 5.74) is 1.31. The lowest BCUT2D eigenvalue weighted by Gasteiger charge is -2.14. The summed E-state index contributed by atoms with van der Waals surface area (Å²) >= 11 is 0. The molecule has 0 spiro atoms. The minimum atomic E-state index is -0.391. The van der Waals surface area contributed by atoms with E-state index in [2.05, 4.69) is 15.6 Å². The maximum atomic E-state index is 13.0. The summed E-state index contributed by atoms with van der Waals surface area (Å²) in [5, 5.41) is 5.32. The molecular formula is C14H14FN3O. The highest BCUT2D eigenvalue weighted by Crippen LogP contribution is 2.12. The summed E-state index contributed by atoms with van der Waals surface area (Å²) in [6, 6.07) is 8.85. The molecule has 0 saturated heterocycles. The third-order valence-electron chi connectivity index (χ3n) is 2.61. The van der Waals surface area contributed by atoms with E-state index in [1.54, 1.807) is 24.5 Å². The van der Waals surface area contributed by atoms with Crippen molar-refractivity contribution >= 4 is 11.7 Å². The van der Waals surface area contributed by atoms with Crippen molar-refractivity contribution < 1.29 is 9.18 Å². The second kappa shape index (κ2) is 5.95. The Morgan fingerprint density at radius 1 is 1.32 bits per heavy atom. The van der Waals surface area contributed by atoms with Gasteiger partial charge >= 0.3 is 6.03 Å². The van der Waals surface area contributed by atoms with E-state index < -0.39 is 5.82 Å². The number of aromatic nitrogens is 1. The summed E-state index contributed by atoms with van der Waals surface area (Å²) in [7, 11) is 0. The van der Waals surface area contributed by atoms with E-state index in [1.165, 1.54) is 18.2 Å². The molecule has 2 aromatic rings. The fraction of sp³-hybridized carbons (Fsp3) is 0.143. The Balaban J connectivity index is 1.95. The van der Waals surface area contributed by atoms with E-state index in [4.69, 9.17) is 0 Å². The molecule has 2 N–H and O–H groups in total. The van der Waals surface area contributed by atoms with Gasteiger partial charge in [-0.1, -0.05) is 12.1 Å².